The zero-order chi connectivity index (χ0) is 18.7. The molecule has 0 spiro atoms. The highest BCUT2D eigenvalue weighted by molar-refractivity contribution is 8.02. The number of anilines is 1. The third-order valence-electron chi connectivity index (χ3n) is 3.36. The van der Waals surface area contributed by atoms with Crippen LogP contribution in [0.15, 0.2) is 46.8 Å². The van der Waals surface area contributed by atoms with Crippen LogP contribution in [0.25, 0.3) is 10.6 Å². The van der Waals surface area contributed by atoms with Crippen LogP contribution in [0.5, 0.6) is 5.75 Å². The first kappa shape index (κ1) is 18.5. The second-order valence-corrected chi connectivity index (χ2v) is 7.58. The molecule has 0 amide bonds. The van der Waals surface area contributed by atoms with Gasteiger partial charge in [0.2, 0.25) is 0 Å². The minimum atomic E-state index is -1.13. The second kappa shape index (κ2) is 7.94. The van der Waals surface area contributed by atoms with Gasteiger partial charge in [-0.3, -0.25) is 0 Å². The number of halogens is 2. The molecule has 1 aromatic heterocycles. The summed E-state index contributed by atoms with van der Waals surface area (Å²) in [7, 11) is 1.45. The van der Waals surface area contributed by atoms with E-state index in [1.165, 1.54) is 54.7 Å². The molecule has 0 atom stereocenters. The summed E-state index contributed by atoms with van der Waals surface area (Å²) in [6.07, 6.45) is 1.70. The number of carboxylic acid groups (broad SMARTS) is 1. The van der Waals surface area contributed by atoms with Crippen LogP contribution in [0.1, 0.15) is 10.4 Å². The van der Waals surface area contributed by atoms with E-state index in [1.807, 2.05) is 0 Å². The normalized spacial score (nSPS) is 10.6. The van der Waals surface area contributed by atoms with Crippen molar-refractivity contribution in [3.63, 3.8) is 0 Å². The van der Waals surface area contributed by atoms with Crippen LogP contribution in [0.3, 0.4) is 0 Å². The number of hydrogen-bond acceptors (Lipinski definition) is 6. The molecule has 2 N–H and O–H groups in total. The highest BCUT2D eigenvalue weighted by Crippen LogP contribution is 2.37. The van der Waals surface area contributed by atoms with E-state index >= 15 is 0 Å². The Kier molecular flexibility index (Phi) is 5.65. The zero-order valence-electron chi connectivity index (χ0n) is 13.3. The molecule has 2 aromatic carbocycles. The number of nitrogens with zero attached hydrogens (tertiary/aromatic N) is 1. The van der Waals surface area contributed by atoms with Gasteiger partial charge in [0.05, 0.1) is 29.6 Å². The Morgan fingerprint density at radius 3 is 2.73 bits per heavy atom. The fourth-order valence-electron chi connectivity index (χ4n) is 2.10. The number of thiazole rings is 1. The summed E-state index contributed by atoms with van der Waals surface area (Å²) < 4.78 is 22.2. The number of carbonyl (C=O) groups is 1. The summed E-state index contributed by atoms with van der Waals surface area (Å²) >= 11 is 8.73. The molecule has 0 radical (unpaired) electrons. The summed E-state index contributed by atoms with van der Waals surface area (Å²) in [5.74, 6) is -1.06. The first-order valence-corrected chi connectivity index (χ1v) is 9.24. The lowest BCUT2D eigenvalue weighted by Crippen LogP contribution is -2.00. The Hall–Kier alpha value is -2.29. The summed E-state index contributed by atoms with van der Waals surface area (Å²) in [4.78, 5) is 15.5. The lowest BCUT2D eigenvalue weighted by molar-refractivity contribution is 0.0696. The Labute approximate surface area is 161 Å². The summed E-state index contributed by atoms with van der Waals surface area (Å²) in [6, 6.07) is 8.98. The molecule has 26 heavy (non-hydrogen) atoms. The van der Waals surface area contributed by atoms with Crippen molar-refractivity contribution in [3.05, 3.63) is 59.0 Å². The Balaban J connectivity index is 1.76. The SMILES string of the molecule is COc1cc(C(=O)O)c(Cl)cc1NSc1cnc(-c2ccc(F)cc2)s1. The van der Waals surface area contributed by atoms with Crippen LogP contribution in [0.2, 0.25) is 5.02 Å². The number of rotatable bonds is 6. The lowest BCUT2D eigenvalue weighted by Gasteiger charge is -2.11. The Bertz CT molecular complexity index is 948. The van der Waals surface area contributed by atoms with E-state index in [-0.39, 0.29) is 16.4 Å². The van der Waals surface area contributed by atoms with Gasteiger partial charge in [0.1, 0.15) is 20.8 Å². The first-order valence-electron chi connectivity index (χ1n) is 7.23. The summed E-state index contributed by atoms with van der Waals surface area (Å²) in [5.41, 5.74) is 1.34. The average molecular weight is 411 g/mol. The fraction of sp³-hybridized carbons (Fsp3) is 0.0588. The predicted molar refractivity (Wildman–Crippen MR) is 102 cm³/mol. The van der Waals surface area contributed by atoms with E-state index in [4.69, 9.17) is 21.4 Å². The van der Waals surface area contributed by atoms with Crippen molar-refractivity contribution >= 4 is 46.5 Å². The maximum Gasteiger partial charge on any atom is 0.337 e. The van der Waals surface area contributed by atoms with Gasteiger partial charge in [-0.25, -0.2) is 14.2 Å². The van der Waals surface area contributed by atoms with Gasteiger partial charge in [0.25, 0.3) is 0 Å². The van der Waals surface area contributed by atoms with Crippen molar-refractivity contribution in [1.29, 1.82) is 0 Å². The molecule has 134 valence electrons. The number of aromatic nitrogens is 1. The van der Waals surface area contributed by atoms with Gasteiger partial charge in [-0.05, 0) is 48.3 Å². The molecule has 3 aromatic rings. The maximum atomic E-state index is 13.0. The molecular formula is C17H12ClFN2O3S2. The van der Waals surface area contributed by atoms with Gasteiger partial charge in [0, 0.05) is 5.56 Å². The number of aromatic carboxylic acids is 1. The van der Waals surface area contributed by atoms with Gasteiger partial charge in [-0.2, -0.15) is 0 Å². The quantitative estimate of drug-likeness (QED) is 0.528. The monoisotopic (exact) mass is 410 g/mol. The minimum Gasteiger partial charge on any atom is -0.495 e. The van der Waals surface area contributed by atoms with Gasteiger partial charge in [-0.1, -0.05) is 11.6 Å². The molecule has 1 heterocycles. The number of carboxylic acids is 1. The molecule has 0 saturated heterocycles. The first-order chi connectivity index (χ1) is 12.5. The third kappa shape index (κ3) is 4.09. The summed E-state index contributed by atoms with van der Waals surface area (Å²) in [5, 5.41) is 9.99. The minimum absolute atomic E-state index is 0.0320. The van der Waals surface area contributed by atoms with Gasteiger partial charge in [0.15, 0.2) is 0 Å². The van der Waals surface area contributed by atoms with Crippen LogP contribution >= 0.6 is 34.9 Å². The van der Waals surface area contributed by atoms with Crippen molar-refractivity contribution in [2.45, 2.75) is 4.21 Å². The Morgan fingerprint density at radius 2 is 2.08 bits per heavy atom. The molecular weight excluding hydrogens is 399 g/mol. The number of ether oxygens (including phenoxy) is 1. The molecule has 0 bridgehead atoms. The molecule has 0 aliphatic rings. The molecule has 0 fully saturated rings. The van der Waals surface area contributed by atoms with Crippen molar-refractivity contribution in [2.24, 2.45) is 0 Å². The van der Waals surface area contributed by atoms with Crippen molar-refractivity contribution in [3.8, 4) is 16.3 Å². The van der Waals surface area contributed by atoms with Crippen molar-refractivity contribution in [1.82, 2.24) is 4.98 Å². The highest BCUT2D eigenvalue weighted by Gasteiger charge is 2.15. The topological polar surface area (TPSA) is 71.5 Å². The van der Waals surface area contributed by atoms with Crippen LogP contribution in [0, 0.1) is 5.82 Å². The smallest absolute Gasteiger partial charge is 0.337 e. The third-order valence-corrected chi connectivity index (χ3v) is 5.64. The number of benzene rings is 2. The van der Waals surface area contributed by atoms with E-state index in [1.54, 1.807) is 18.3 Å². The van der Waals surface area contributed by atoms with Crippen LogP contribution < -0.4 is 9.46 Å². The lowest BCUT2D eigenvalue weighted by atomic mass is 10.2. The maximum absolute atomic E-state index is 13.0. The zero-order valence-corrected chi connectivity index (χ0v) is 15.7. The standard InChI is InChI=1S/C17H12ClFN2O3S2/c1-24-14-6-11(17(22)23)12(18)7-13(14)21-26-15-8-20-16(25-15)9-2-4-10(19)5-3-9/h2-8,21H,1H3,(H,22,23). The second-order valence-electron chi connectivity index (χ2n) is 5.03. The van der Waals surface area contributed by atoms with E-state index in [9.17, 15) is 9.18 Å². The van der Waals surface area contributed by atoms with Crippen molar-refractivity contribution < 1.29 is 19.0 Å². The number of methoxy groups -OCH3 is 1. The van der Waals surface area contributed by atoms with E-state index < -0.39 is 5.97 Å². The molecule has 0 unspecified atom stereocenters. The molecule has 0 aliphatic heterocycles. The van der Waals surface area contributed by atoms with E-state index in [2.05, 4.69) is 9.71 Å². The molecule has 3 rings (SSSR count). The van der Waals surface area contributed by atoms with Gasteiger partial charge >= 0.3 is 5.97 Å². The van der Waals surface area contributed by atoms with Gasteiger partial charge < -0.3 is 14.6 Å². The number of hydrogen-bond donors (Lipinski definition) is 2. The summed E-state index contributed by atoms with van der Waals surface area (Å²) in [6.45, 7) is 0. The highest BCUT2D eigenvalue weighted by atomic mass is 35.5. The van der Waals surface area contributed by atoms with Gasteiger partial charge in [-0.15, -0.1) is 11.3 Å². The predicted octanol–water partition coefficient (Wildman–Crippen LogP) is 5.43. The van der Waals surface area contributed by atoms with Crippen LogP contribution in [-0.4, -0.2) is 23.2 Å². The largest absolute Gasteiger partial charge is 0.495 e. The average Bonchev–Trinajstić information content (AvgIpc) is 3.09. The number of nitrogens with one attached hydrogen (secondary N) is 1. The molecule has 5 nitrogen and oxygen atoms in total. The molecule has 0 aliphatic carbocycles. The molecule has 0 saturated carbocycles. The molecule has 9 heteroatoms. The van der Waals surface area contributed by atoms with Crippen LogP contribution in [-0.2, 0) is 0 Å². The fourth-order valence-corrected chi connectivity index (χ4v) is 4.01. The van der Waals surface area contributed by atoms with E-state index in [0.717, 1.165) is 14.8 Å². The van der Waals surface area contributed by atoms with Crippen molar-refractivity contribution in [2.75, 3.05) is 11.8 Å². The van der Waals surface area contributed by atoms with Crippen LogP contribution in [0.4, 0.5) is 10.1 Å². The Morgan fingerprint density at radius 1 is 1.35 bits per heavy atom. The van der Waals surface area contributed by atoms with E-state index in [0.29, 0.717) is 11.4 Å².